The van der Waals surface area contributed by atoms with Crippen LogP contribution in [-0.4, -0.2) is 15.1 Å². The van der Waals surface area contributed by atoms with Crippen molar-refractivity contribution in [3.8, 4) is 0 Å². The molecule has 3 rings (SSSR count). The number of carbonyl (C=O) groups excluding carboxylic acids is 1. The molecule has 0 aliphatic heterocycles. The molecule has 0 unspecified atom stereocenters. The van der Waals surface area contributed by atoms with Gasteiger partial charge in [-0.05, 0) is 33.3 Å². The molecule has 3 aromatic rings. The minimum absolute atomic E-state index is 0. The number of hydrogen-bond acceptors (Lipinski definition) is 6. The number of aromatic nitrogens is 2. The first-order valence-corrected chi connectivity index (χ1v) is 10.4. The fourth-order valence-electron chi connectivity index (χ4n) is 2.84. The third kappa shape index (κ3) is 4.18. The van der Waals surface area contributed by atoms with Gasteiger partial charge in [0.25, 0.3) is 5.56 Å². The van der Waals surface area contributed by atoms with E-state index in [-0.39, 0.29) is 46.4 Å². The third-order valence-corrected chi connectivity index (χ3v) is 7.15. The zero-order chi connectivity index (χ0) is 19.2. The molecule has 3 heterocycles. The van der Waals surface area contributed by atoms with E-state index in [1.54, 1.807) is 0 Å². The van der Waals surface area contributed by atoms with Crippen LogP contribution in [0.2, 0.25) is 0 Å². The number of halogens is 1. The van der Waals surface area contributed by atoms with Gasteiger partial charge in [0.05, 0.1) is 11.4 Å². The predicted octanol–water partition coefficient (Wildman–Crippen LogP) is -0.800. The van der Waals surface area contributed by atoms with Crippen molar-refractivity contribution in [2.75, 3.05) is 0 Å². The molecule has 0 saturated carbocycles. The Morgan fingerprint density at radius 3 is 2.48 bits per heavy atom. The van der Waals surface area contributed by atoms with Crippen LogP contribution in [0.4, 0.5) is 0 Å². The van der Waals surface area contributed by atoms with Gasteiger partial charge in [-0.15, -0.1) is 22.7 Å². The maximum atomic E-state index is 12.7. The fraction of sp³-hybridized carbons (Fsp3) is 0.353. The molecule has 0 bridgehead atoms. The number of carboxylic acids is 1. The van der Waals surface area contributed by atoms with Crippen LogP contribution < -0.4 is 45.9 Å². The van der Waals surface area contributed by atoms with Crippen molar-refractivity contribution >= 4 is 54.8 Å². The molecule has 0 amide bonds. The molecule has 0 aliphatic rings. The molecule has 0 spiro atoms. The maximum absolute atomic E-state index is 12.7. The Labute approximate surface area is 193 Å². The fourth-order valence-corrected chi connectivity index (χ4v) is 5.73. The van der Waals surface area contributed by atoms with Crippen LogP contribution in [0.5, 0.6) is 0 Å². The summed E-state index contributed by atoms with van der Waals surface area (Å²) in [6.45, 7) is 4.32. The molecule has 27 heavy (non-hydrogen) atoms. The molecular weight excluding hydrogens is 463 g/mol. The summed E-state index contributed by atoms with van der Waals surface area (Å²) in [6, 6.07) is 1.89. The number of nitrogens with zero attached hydrogens (tertiary/aromatic N) is 2. The summed E-state index contributed by atoms with van der Waals surface area (Å²) in [4.78, 5) is 38.9. The second-order valence-corrected chi connectivity index (χ2v) is 9.33. The second kappa shape index (κ2) is 8.75. The molecule has 6 nitrogen and oxygen atoms in total. The molecule has 0 fully saturated rings. The van der Waals surface area contributed by atoms with E-state index in [4.69, 9.17) is 0 Å². The van der Waals surface area contributed by atoms with Crippen LogP contribution in [0, 0.1) is 5.92 Å². The summed E-state index contributed by atoms with van der Waals surface area (Å²) >= 11 is 6.12. The number of fused-ring (bicyclic) bond motifs is 1. The van der Waals surface area contributed by atoms with Crippen LogP contribution in [0.3, 0.4) is 0 Å². The van der Waals surface area contributed by atoms with Crippen LogP contribution in [0.1, 0.15) is 34.0 Å². The van der Waals surface area contributed by atoms with Gasteiger partial charge in [0.15, 0.2) is 0 Å². The molecule has 0 atom stereocenters. The number of carboxylic acid groups (broad SMARTS) is 1. The van der Waals surface area contributed by atoms with Crippen molar-refractivity contribution in [2.45, 2.75) is 26.8 Å². The first-order chi connectivity index (χ1) is 12.2. The SMILES string of the molecule is CC(C)Cn1c(=O)n(C)c(=O)c2c(C(=O)[O-])c(Cc3sccc3Br)sc21.[Na+]. The first kappa shape index (κ1) is 22.6. The topological polar surface area (TPSA) is 84.1 Å². The predicted molar refractivity (Wildman–Crippen MR) is 105 cm³/mol. The van der Waals surface area contributed by atoms with Gasteiger partial charge in [-0.1, -0.05) is 13.8 Å². The average molecular weight is 479 g/mol. The van der Waals surface area contributed by atoms with Crippen molar-refractivity contribution in [3.63, 3.8) is 0 Å². The van der Waals surface area contributed by atoms with E-state index in [0.29, 0.717) is 22.7 Å². The second-order valence-electron chi connectivity index (χ2n) is 6.39. The zero-order valence-electron chi connectivity index (χ0n) is 15.4. The standard InChI is InChI=1S/C17H17BrN2O4S2.Na/c1-8(2)7-20-15-13(14(21)19(3)17(20)24)12(16(22)23)11(26-15)6-10-9(18)4-5-25-10;/h4-5,8H,6-7H2,1-3H3,(H,22,23);/q;+1/p-1. The van der Waals surface area contributed by atoms with Crippen molar-refractivity contribution in [1.29, 1.82) is 0 Å². The smallest absolute Gasteiger partial charge is 0.545 e. The Hall–Kier alpha value is -0.710. The Morgan fingerprint density at radius 2 is 1.96 bits per heavy atom. The largest absolute Gasteiger partial charge is 1.00 e. The summed E-state index contributed by atoms with van der Waals surface area (Å²) in [6.07, 6.45) is 0.361. The number of aromatic carboxylic acids is 1. The number of thiophene rings is 2. The van der Waals surface area contributed by atoms with Gasteiger partial charge in [-0.2, -0.15) is 0 Å². The number of hydrogen-bond donors (Lipinski definition) is 0. The van der Waals surface area contributed by atoms with Gasteiger partial charge < -0.3 is 9.90 Å². The number of carbonyl (C=O) groups is 1. The van der Waals surface area contributed by atoms with Crippen molar-refractivity contribution in [1.82, 2.24) is 9.13 Å². The van der Waals surface area contributed by atoms with Crippen LogP contribution in [0.25, 0.3) is 10.2 Å². The Bertz CT molecular complexity index is 1130. The molecule has 10 heteroatoms. The molecule has 0 saturated heterocycles. The van der Waals surface area contributed by atoms with Gasteiger partial charge in [-0.25, -0.2) is 4.79 Å². The van der Waals surface area contributed by atoms with Crippen LogP contribution in [-0.2, 0) is 20.0 Å². The maximum Gasteiger partial charge on any atom is 1.00 e. The van der Waals surface area contributed by atoms with E-state index < -0.39 is 17.2 Å². The van der Waals surface area contributed by atoms with E-state index in [0.717, 1.165) is 13.9 Å². The van der Waals surface area contributed by atoms with Crippen LogP contribution in [0.15, 0.2) is 25.5 Å². The molecule has 0 radical (unpaired) electrons. The van der Waals surface area contributed by atoms with E-state index >= 15 is 0 Å². The summed E-state index contributed by atoms with van der Waals surface area (Å²) in [5.41, 5.74) is -1.15. The zero-order valence-corrected chi connectivity index (χ0v) is 20.6. The summed E-state index contributed by atoms with van der Waals surface area (Å²) in [5.74, 6) is -1.23. The van der Waals surface area contributed by atoms with E-state index in [1.165, 1.54) is 34.3 Å². The van der Waals surface area contributed by atoms with Gasteiger partial charge in [0, 0.05) is 39.8 Å². The summed E-state index contributed by atoms with van der Waals surface area (Å²) in [7, 11) is 1.37. The average Bonchev–Trinajstić information content (AvgIpc) is 3.14. The normalized spacial score (nSPS) is 11.1. The van der Waals surface area contributed by atoms with Crippen molar-refractivity contribution in [3.05, 3.63) is 52.1 Å². The van der Waals surface area contributed by atoms with E-state index in [1.807, 2.05) is 25.3 Å². The van der Waals surface area contributed by atoms with Gasteiger partial charge >= 0.3 is 35.2 Å². The van der Waals surface area contributed by atoms with E-state index in [2.05, 4.69) is 15.9 Å². The minimum Gasteiger partial charge on any atom is -0.545 e. The van der Waals surface area contributed by atoms with E-state index in [9.17, 15) is 19.5 Å². The summed E-state index contributed by atoms with van der Waals surface area (Å²) < 4.78 is 3.34. The Kier molecular flexibility index (Phi) is 7.32. The first-order valence-electron chi connectivity index (χ1n) is 7.90. The van der Waals surface area contributed by atoms with Crippen molar-refractivity contribution < 1.29 is 39.5 Å². The van der Waals surface area contributed by atoms with Gasteiger partial charge in [0.1, 0.15) is 4.83 Å². The molecule has 138 valence electrons. The molecule has 3 aromatic heterocycles. The van der Waals surface area contributed by atoms with Gasteiger partial charge in [0.2, 0.25) is 0 Å². The molecule has 0 aliphatic carbocycles. The quantitative estimate of drug-likeness (QED) is 0.449. The Balaban J connectivity index is 0.00000261. The molecule has 0 N–H and O–H groups in total. The molecule has 0 aromatic carbocycles. The van der Waals surface area contributed by atoms with Crippen molar-refractivity contribution in [2.24, 2.45) is 13.0 Å². The monoisotopic (exact) mass is 478 g/mol. The minimum atomic E-state index is -1.40. The summed E-state index contributed by atoms with van der Waals surface area (Å²) in [5, 5.41) is 13.8. The third-order valence-electron chi connectivity index (χ3n) is 4.01. The Morgan fingerprint density at radius 1 is 1.30 bits per heavy atom. The molecular formula is C17H16BrN2NaO4S2. The van der Waals surface area contributed by atoms with Crippen LogP contribution >= 0.6 is 38.6 Å². The van der Waals surface area contributed by atoms with Gasteiger partial charge in [-0.3, -0.25) is 13.9 Å². The number of rotatable bonds is 5.